The lowest BCUT2D eigenvalue weighted by molar-refractivity contribution is -0.116. The number of benzene rings is 2. The average molecular weight is 552 g/mol. The molecule has 1 N–H and O–H groups in total. The highest BCUT2D eigenvalue weighted by Crippen LogP contribution is 2.40. The predicted molar refractivity (Wildman–Crippen MR) is 137 cm³/mol. The number of halogens is 1. The van der Waals surface area contributed by atoms with Gasteiger partial charge in [-0.1, -0.05) is 15.9 Å². The number of carbonyl (C=O) groups excluding carboxylic acids is 1. The Labute approximate surface area is 210 Å². The van der Waals surface area contributed by atoms with Crippen LogP contribution in [0.2, 0.25) is 0 Å². The highest BCUT2D eigenvalue weighted by Gasteiger charge is 2.35. The van der Waals surface area contributed by atoms with Crippen molar-refractivity contribution in [2.45, 2.75) is 31.2 Å². The Morgan fingerprint density at radius 1 is 1.15 bits per heavy atom. The minimum Gasteiger partial charge on any atom is -0.497 e. The van der Waals surface area contributed by atoms with Gasteiger partial charge in [-0.3, -0.25) is 9.69 Å². The first-order valence-corrected chi connectivity index (χ1v) is 13.7. The molecule has 0 saturated carbocycles. The minimum absolute atomic E-state index is 0.0715. The number of nitrogens with one attached hydrogen (secondary N) is 1. The number of rotatable bonds is 7. The third-order valence-electron chi connectivity index (χ3n) is 6.47. The van der Waals surface area contributed by atoms with Gasteiger partial charge >= 0.3 is 0 Å². The molecule has 4 rings (SSSR count). The molecule has 2 aliphatic rings. The van der Waals surface area contributed by atoms with Gasteiger partial charge in [0.15, 0.2) is 0 Å². The van der Waals surface area contributed by atoms with E-state index < -0.39 is 10.0 Å². The van der Waals surface area contributed by atoms with Gasteiger partial charge in [0.25, 0.3) is 0 Å². The average Bonchev–Trinajstić information content (AvgIpc) is 3.14. The van der Waals surface area contributed by atoms with Crippen LogP contribution in [0.25, 0.3) is 0 Å². The number of methoxy groups -OCH3 is 1. The molecule has 1 unspecified atom stereocenters. The van der Waals surface area contributed by atoms with Crippen molar-refractivity contribution in [1.29, 1.82) is 0 Å². The molecule has 2 aromatic rings. The summed E-state index contributed by atoms with van der Waals surface area (Å²) in [7, 11) is -2.12. The van der Waals surface area contributed by atoms with Gasteiger partial charge in [0.05, 0.1) is 12.8 Å². The molecule has 1 amide bonds. The Bertz CT molecular complexity index is 1150. The Morgan fingerprint density at radius 2 is 1.82 bits per heavy atom. The molecule has 2 aliphatic heterocycles. The zero-order valence-electron chi connectivity index (χ0n) is 19.8. The molecule has 0 bridgehead atoms. The number of ether oxygens (including phenoxy) is 1. The van der Waals surface area contributed by atoms with Gasteiger partial charge in [-0.05, 0) is 55.3 Å². The van der Waals surface area contributed by atoms with Crippen molar-refractivity contribution in [1.82, 2.24) is 9.62 Å². The summed E-state index contributed by atoms with van der Waals surface area (Å²) in [4.78, 5) is 18.6. The molecule has 34 heavy (non-hydrogen) atoms. The number of hydrogen-bond acceptors (Lipinski definition) is 6. The van der Waals surface area contributed by atoms with Crippen molar-refractivity contribution in [3.05, 3.63) is 46.4 Å². The Hall–Kier alpha value is -2.14. The molecule has 0 aromatic heterocycles. The summed E-state index contributed by atoms with van der Waals surface area (Å²) in [6.07, 6.45) is 0.634. The van der Waals surface area contributed by atoms with Crippen molar-refractivity contribution in [3.8, 4) is 5.75 Å². The van der Waals surface area contributed by atoms with E-state index in [4.69, 9.17) is 4.74 Å². The van der Waals surface area contributed by atoms with Gasteiger partial charge in [-0.15, -0.1) is 0 Å². The molecule has 0 spiro atoms. The summed E-state index contributed by atoms with van der Waals surface area (Å²) in [6, 6.07) is 11.5. The summed E-state index contributed by atoms with van der Waals surface area (Å²) in [5.41, 5.74) is 2.53. The molecule has 1 saturated heterocycles. The number of nitrogens with zero attached hydrogens (tertiary/aromatic N) is 3. The van der Waals surface area contributed by atoms with Crippen molar-refractivity contribution < 1.29 is 17.9 Å². The second-order valence-corrected chi connectivity index (χ2v) is 11.4. The van der Waals surface area contributed by atoms with E-state index in [-0.39, 0.29) is 16.8 Å². The van der Waals surface area contributed by atoms with Gasteiger partial charge in [0, 0.05) is 62.4 Å². The van der Waals surface area contributed by atoms with Crippen LogP contribution in [0.15, 0.2) is 45.8 Å². The van der Waals surface area contributed by atoms with Crippen molar-refractivity contribution in [2.24, 2.45) is 0 Å². The summed E-state index contributed by atoms with van der Waals surface area (Å²) < 4.78 is 35.2. The highest BCUT2D eigenvalue weighted by atomic mass is 79.9. The van der Waals surface area contributed by atoms with Crippen LogP contribution < -0.4 is 19.3 Å². The van der Waals surface area contributed by atoms with Crippen LogP contribution in [0.4, 0.5) is 11.4 Å². The largest absolute Gasteiger partial charge is 0.497 e. The summed E-state index contributed by atoms with van der Waals surface area (Å²) >= 11 is 3.43. The van der Waals surface area contributed by atoms with Crippen LogP contribution in [0, 0.1) is 0 Å². The maximum Gasteiger partial charge on any atom is 0.242 e. The van der Waals surface area contributed by atoms with E-state index in [0.717, 1.165) is 43.2 Å². The first-order chi connectivity index (χ1) is 16.2. The third kappa shape index (κ3) is 5.25. The van der Waals surface area contributed by atoms with E-state index in [0.29, 0.717) is 29.7 Å². The Balaban J connectivity index is 1.36. The van der Waals surface area contributed by atoms with Crippen LogP contribution in [0.1, 0.15) is 19.4 Å². The smallest absolute Gasteiger partial charge is 0.242 e. The number of fused-ring (bicyclic) bond motifs is 1. The van der Waals surface area contributed by atoms with Gasteiger partial charge in [0.1, 0.15) is 10.6 Å². The van der Waals surface area contributed by atoms with E-state index in [1.807, 2.05) is 25.1 Å². The van der Waals surface area contributed by atoms with E-state index in [2.05, 4.69) is 42.6 Å². The molecule has 0 radical (unpaired) electrons. The van der Waals surface area contributed by atoms with Crippen LogP contribution in [-0.4, -0.2) is 71.6 Å². The predicted octanol–water partition coefficient (Wildman–Crippen LogP) is 2.86. The SMILES string of the molecule is COc1ccc(N2CCN(CCNS(=O)(=O)c3cc(Br)cc4c3N(C(C)=O)C(C)C4)CC2)cc1. The monoisotopic (exact) mass is 550 g/mol. The normalized spacial score (nSPS) is 18.8. The molecule has 0 aliphatic carbocycles. The zero-order valence-corrected chi connectivity index (χ0v) is 22.2. The Morgan fingerprint density at radius 3 is 2.44 bits per heavy atom. The van der Waals surface area contributed by atoms with Gasteiger partial charge in [0.2, 0.25) is 15.9 Å². The molecule has 10 heteroatoms. The summed E-state index contributed by atoms with van der Waals surface area (Å²) in [5, 5.41) is 0. The molecule has 2 aromatic carbocycles. The number of anilines is 2. The molecule has 8 nitrogen and oxygen atoms in total. The molecular weight excluding hydrogens is 520 g/mol. The third-order valence-corrected chi connectivity index (χ3v) is 8.41. The number of sulfonamides is 1. The number of piperazine rings is 1. The first-order valence-electron chi connectivity index (χ1n) is 11.4. The highest BCUT2D eigenvalue weighted by molar-refractivity contribution is 9.10. The minimum atomic E-state index is -3.78. The van der Waals surface area contributed by atoms with Crippen molar-refractivity contribution >= 4 is 43.2 Å². The second kappa shape index (κ2) is 10.2. The maximum absolute atomic E-state index is 13.2. The summed E-state index contributed by atoms with van der Waals surface area (Å²) in [5.74, 6) is 0.686. The first kappa shape index (κ1) is 25.0. The van der Waals surface area contributed by atoms with Crippen LogP contribution in [0.5, 0.6) is 5.75 Å². The fourth-order valence-corrected chi connectivity index (χ4v) is 6.74. The lowest BCUT2D eigenvalue weighted by Gasteiger charge is -2.36. The van der Waals surface area contributed by atoms with Crippen LogP contribution >= 0.6 is 15.9 Å². The van der Waals surface area contributed by atoms with Gasteiger partial charge in [-0.2, -0.15) is 0 Å². The van der Waals surface area contributed by atoms with E-state index in [1.165, 1.54) is 6.92 Å². The zero-order chi connectivity index (χ0) is 24.5. The van der Waals surface area contributed by atoms with Gasteiger partial charge in [-0.25, -0.2) is 13.1 Å². The van der Waals surface area contributed by atoms with Crippen molar-refractivity contribution in [2.75, 3.05) is 56.2 Å². The van der Waals surface area contributed by atoms with Gasteiger partial charge < -0.3 is 14.5 Å². The van der Waals surface area contributed by atoms with E-state index >= 15 is 0 Å². The number of hydrogen-bond donors (Lipinski definition) is 1. The molecule has 2 heterocycles. The van der Waals surface area contributed by atoms with E-state index in [9.17, 15) is 13.2 Å². The fourth-order valence-electron chi connectivity index (χ4n) is 4.80. The number of carbonyl (C=O) groups is 1. The summed E-state index contributed by atoms with van der Waals surface area (Å²) in [6.45, 7) is 7.81. The lowest BCUT2D eigenvalue weighted by atomic mass is 10.1. The molecule has 1 fully saturated rings. The number of amides is 1. The second-order valence-electron chi connectivity index (χ2n) is 8.78. The van der Waals surface area contributed by atoms with Crippen LogP contribution in [0.3, 0.4) is 0 Å². The standard InChI is InChI=1S/C24H31BrN4O4S/c1-17-14-19-15-20(25)16-23(24(19)29(17)18(2)30)34(31,32)26-8-9-27-10-12-28(13-11-27)21-4-6-22(33-3)7-5-21/h4-7,15-17,26H,8-14H2,1-3H3. The fraction of sp³-hybridized carbons (Fsp3) is 0.458. The lowest BCUT2D eigenvalue weighted by Crippen LogP contribution is -2.48. The van der Waals surface area contributed by atoms with Crippen molar-refractivity contribution in [3.63, 3.8) is 0 Å². The maximum atomic E-state index is 13.2. The Kier molecular flexibility index (Phi) is 7.51. The van der Waals surface area contributed by atoms with Crippen LogP contribution in [-0.2, 0) is 21.2 Å². The molecule has 184 valence electrons. The molecular formula is C24H31BrN4O4S. The topological polar surface area (TPSA) is 82.2 Å². The quantitative estimate of drug-likeness (QED) is 0.570. The van der Waals surface area contributed by atoms with E-state index in [1.54, 1.807) is 18.1 Å². The molecule has 1 atom stereocenters.